The van der Waals surface area contributed by atoms with Gasteiger partial charge in [-0.1, -0.05) is 30.3 Å². The number of rotatable bonds is 2. The lowest BCUT2D eigenvalue weighted by molar-refractivity contribution is 0.639. The Morgan fingerprint density at radius 1 is 1.15 bits per heavy atom. The Morgan fingerprint density at radius 3 is 2.50 bits per heavy atom. The maximum atomic E-state index is 13.9. The Hall–Kier alpha value is -0.900. The van der Waals surface area contributed by atoms with Gasteiger partial charge in [-0.25, -0.2) is 4.39 Å². The average Bonchev–Trinajstić information content (AvgIpc) is 2.78. The monoisotopic (exact) mass is 368 g/mol. The van der Waals surface area contributed by atoms with Crippen molar-refractivity contribution in [3.8, 4) is 0 Å². The summed E-state index contributed by atoms with van der Waals surface area (Å²) in [5, 5.41) is 1.19. The molecular weight excluding hydrogens is 359 g/mol. The third-order valence-electron chi connectivity index (χ3n) is 3.24. The second-order valence-electron chi connectivity index (χ2n) is 4.61. The Bertz CT molecular complexity index is 781. The topological polar surface area (TPSA) is 0 Å². The Kier molecular flexibility index (Phi) is 3.85. The second-order valence-corrected chi connectivity index (χ2v) is 7.19. The zero-order chi connectivity index (χ0) is 14.3. The van der Waals surface area contributed by atoms with Crippen molar-refractivity contribution < 1.29 is 4.39 Å². The molecule has 0 radical (unpaired) electrons. The Balaban J connectivity index is 2.20. The van der Waals surface area contributed by atoms with Gasteiger partial charge in [0.15, 0.2) is 0 Å². The first-order chi connectivity index (χ1) is 9.58. The Morgan fingerprint density at radius 2 is 1.85 bits per heavy atom. The van der Waals surface area contributed by atoms with E-state index in [1.165, 1.54) is 10.9 Å². The fourth-order valence-corrected chi connectivity index (χ4v) is 4.77. The zero-order valence-electron chi connectivity index (χ0n) is 10.7. The van der Waals surface area contributed by atoms with Crippen LogP contribution in [0.3, 0.4) is 0 Å². The molecule has 0 spiro atoms. The fourth-order valence-electron chi connectivity index (χ4n) is 2.32. The van der Waals surface area contributed by atoms with Gasteiger partial charge >= 0.3 is 0 Å². The molecule has 0 aliphatic heterocycles. The van der Waals surface area contributed by atoms with Crippen LogP contribution in [-0.4, -0.2) is 0 Å². The van der Waals surface area contributed by atoms with Crippen molar-refractivity contribution >= 4 is 49.6 Å². The van der Waals surface area contributed by atoms with Crippen molar-refractivity contribution in [3.63, 3.8) is 0 Å². The van der Waals surface area contributed by atoms with Gasteiger partial charge < -0.3 is 0 Å². The summed E-state index contributed by atoms with van der Waals surface area (Å²) in [5.74, 6) is -0.213. The summed E-state index contributed by atoms with van der Waals surface area (Å²) in [6.45, 7) is 2.05. The van der Waals surface area contributed by atoms with E-state index in [2.05, 4.69) is 22.0 Å². The summed E-state index contributed by atoms with van der Waals surface area (Å²) in [6.07, 6.45) is 0. The largest absolute Gasteiger partial charge is 0.206 e. The lowest BCUT2D eigenvalue weighted by Crippen LogP contribution is -1.94. The highest BCUT2D eigenvalue weighted by Gasteiger charge is 2.19. The van der Waals surface area contributed by atoms with Gasteiger partial charge in [-0.05, 0) is 45.9 Å². The zero-order valence-corrected chi connectivity index (χ0v) is 13.8. The summed E-state index contributed by atoms with van der Waals surface area (Å²) >= 11 is 11.8. The normalized spacial score (nSPS) is 12.8. The first-order valence-electron chi connectivity index (χ1n) is 6.15. The Labute approximate surface area is 134 Å². The van der Waals surface area contributed by atoms with Crippen LogP contribution >= 0.6 is 38.9 Å². The number of hydrogen-bond acceptors (Lipinski definition) is 1. The van der Waals surface area contributed by atoms with E-state index >= 15 is 0 Å². The minimum absolute atomic E-state index is 0.213. The summed E-state index contributed by atoms with van der Waals surface area (Å²) in [5.41, 5.74) is 0.936. The maximum absolute atomic E-state index is 13.9. The smallest absolute Gasteiger partial charge is 0.131 e. The molecule has 3 rings (SSSR count). The number of thiophene rings is 1. The van der Waals surface area contributed by atoms with Crippen LogP contribution in [0.2, 0.25) is 0 Å². The van der Waals surface area contributed by atoms with E-state index in [9.17, 15) is 4.39 Å². The van der Waals surface area contributed by atoms with Gasteiger partial charge in [0.25, 0.3) is 0 Å². The third kappa shape index (κ3) is 2.39. The molecule has 3 aromatic rings. The van der Waals surface area contributed by atoms with Gasteiger partial charge in [-0.3, -0.25) is 0 Å². The molecule has 0 fully saturated rings. The fraction of sp³-hybridized carbons (Fsp3) is 0.125. The van der Waals surface area contributed by atoms with Gasteiger partial charge in [0.05, 0.1) is 5.38 Å². The molecule has 0 bridgehead atoms. The minimum atomic E-state index is -0.284. The van der Waals surface area contributed by atoms with Gasteiger partial charge in [-0.2, -0.15) is 0 Å². The second kappa shape index (κ2) is 5.47. The van der Waals surface area contributed by atoms with Crippen molar-refractivity contribution in [2.75, 3.05) is 0 Å². The van der Waals surface area contributed by atoms with E-state index < -0.39 is 0 Å². The van der Waals surface area contributed by atoms with Crippen LogP contribution in [0.5, 0.6) is 0 Å². The molecule has 102 valence electrons. The van der Waals surface area contributed by atoms with Gasteiger partial charge in [0, 0.05) is 19.6 Å². The lowest BCUT2D eigenvalue weighted by atomic mass is 10.0. The molecule has 1 atom stereocenters. The molecule has 20 heavy (non-hydrogen) atoms. The van der Waals surface area contributed by atoms with Crippen LogP contribution < -0.4 is 0 Å². The van der Waals surface area contributed by atoms with Crippen molar-refractivity contribution in [1.29, 1.82) is 0 Å². The van der Waals surface area contributed by atoms with E-state index in [-0.39, 0.29) is 11.2 Å². The first kappa shape index (κ1) is 14.1. The number of aryl methyl sites for hydroxylation is 1. The minimum Gasteiger partial charge on any atom is -0.206 e. The van der Waals surface area contributed by atoms with E-state index in [1.807, 2.05) is 25.1 Å². The first-order valence-corrected chi connectivity index (χ1v) is 8.19. The van der Waals surface area contributed by atoms with E-state index in [0.29, 0.717) is 5.39 Å². The molecule has 0 nitrogen and oxygen atoms in total. The quantitative estimate of drug-likeness (QED) is 0.456. The van der Waals surface area contributed by atoms with Crippen molar-refractivity contribution in [1.82, 2.24) is 0 Å². The molecule has 0 saturated heterocycles. The number of alkyl halides is 1. The van der Waals surface area contributed by atoms with E-state index in [0.717, 1.165) is 20.3 Å². The number of hydrogen-bond donors (Lipinski definition) is 0. The van der Waals surface area contributed by atoms with Crippen LogP contribution in [0.4, 0.5) is 4.39 Å². The SMILES string of the molecule is Cc1cc(Br)c(C(Cl)c2ccc(F)c3ccccc23)s1. The molecule has 0 aliphatic rings. The van der Waals surface area contributed by atoms with E-state index in [1.54, 1.807) is 23.5 Å². The molecule has 2 aromatic carbocycles. The third-order valence-corrected chi connectivity index (χ3v) is 5.86. The van der Waals surface area contributed by atoms with Crippen molar-refractivity contribution in [3.05, 3.63) is 68.1 Å². The summed E-state index contributed by atoms with van der Waals surface area (Å²) in [4.78, 5) is 2.25. The molecule has 1 unspecified atom stereocenters. The average molecular weight is 370 g/mol. The molecule has 1 aromatic heterocycles. The highest BCUT2D eigenvalue weighted by atomic mass is 79.9. The van der Waals surface area contributed by atoms with Crippen LogP contribution in [0, 0.1) is 12.7 Å². The van der Waals surface area contributed by atoms with Gasteiger partial charge in [0.2, 0.25) is 0 Å². The van der Waals surface area contributed by atoms with Gasteiger partial charge in [-0.15, -0.1) is 22.9 Å². The van der Waals surface area contributed by atoms with Crippen LogP contribution in [0.25, 0.3) is 10.8 Å². The highest BCUT2D eigenvalue weighted by molar-refractivity contribution is 9.10. The number of benzene rings is 2. The number of halogens is 3. The summed E-state index contributed by atoms with van der Waals surface area (Å²) in [7, 11) is 0. The van der Waals surface area contributed by atoms with Crippen molar-refractivity contribution in [2.45, 2.75) is 12.3 Å². The molecule has 0 aliphatic carbocycles. The molecule has 0 amide bonds. The maximum Gasteiger partial charge on any atom is 0.131 e. The standard InChI is InChI=1S/C16H11BrClFS/c1-9-8-13(17)16(20-9)15(18)12-6-7-14(19)11-5-3-2-4-10(11)12/h2-8,15H,1H3. The molecule has 1 heterocycles. The predicted molar refractivity (Wildman–Crippen MR) is 88.4 cm³/mol. The van der Waals surface area contributed by atoms with Crippen molar-refractivity contribution in [2.24, 2.45) is 0 Å². The molecule has 4 heteroatoms. The number of fused-ring (bicyclic) bond motifs is 1. The van der Waals surface area contributed by atoms with Gasteiger partial charge in [0.1, 0.15) is 5.82 Å². The molecule has 0 saturated carbocycles. The lowest BCUT2D eigenvalue weighted by Gasteiger charge is -2.13. The van der Waals surface area contributed by atoms with Crippen LogP contribution in [0.15, 0.2) is 46.9 Å². The predicted octanol–water partition coefficient (Wildman–Crippen LogP) is 6.44. The summed E-state index contributed by atoms with van der Waals surface area (Å²) < 4.78 is 14.9. The molecular formula is C16H11BrClFS. The van der Waals surface area contributed by atoms with Crippen LogP contribution in [-0.2, 0) is 0 Å². The molecule has 0 N–H and O–H groups in total. The summed E-state index contributed by atoms with van der Waals surface area (Å²) in [6, 6.07) is 12.8. The van der Waals surface area contributed by atoms with E-state index in [4.69, 9.17) is 11.6 Å². The highest BCUT2D eigenvalue weighted by Crippen LogP contribution is 2.41. The van der Waals surface area contributed by atoms with Crippen LogP contribution in [0.1, 0.15) is 20.7 Å².